The van der Waals surface area contributed by atoms with Crippen LogP contribution in [0.15, 0.2) is 53.7 Å². The van der Waals surface area contributed by atoms with Crippen molar-refractivity contribution in [2.24, 2.45) is 5.16 Å². The lowest BCUT2D eigenvalue weighted by molar-refractivity contribution is 0.319. The molecular formula is C19H22N2O. The van der Waals surface area contributed by atoms with Gasteiger partial charge in [-0.05, 0) is 50.6 Å². The Bertz CT molecular complexity index is 673. The highest BCUT2D eigenvalue weighted by molar-refractivity contribution is 6.12. The first kappa shape index (κ1) is 14.8. The summed E-state index contributed by atoms with van der Waals surface area (Å²) in [7, 11) is 0. The summed E-state index contributed by atoms with van der Waals surface area (Å²) in [6, 6.07) is 16.4. The molecule has 22 heavy (non-hydrogen) atoms. The first-order chi connectivity index (χ1) is 10.8. The van der Waals surface area contributed by atoms with E-state index in [-0.39, 0.29) is 0 Å². The molecule has 0 atom stereocenters. The molecular weight excluding hydrogens is 272 g/mol. The Balaban J connectivity index is 1.86. The van der Waals surface area contributed by atoms with Crippen molar-refractivity contribution in [3.05, 3.63) is 70.8 Å². The summed E-state index contributed by atoms with van der Waals surface area (Å²) in [6.07, 6.45) is 2.60. The van der Waals surface area contributed by atoms with Crippen molar-refractivity contribution in [3.8, 4) is 0 Å². The number of oxime groups is 1. The van der Waals surface area contributed by atoms with Crippen molar-refractivity contribution in [1.82, 2.24) is 4.90 Å². The van der Waals surface area contributed by atoms with Crippen LogP contribution in [0, 0.1) is 6.92 Å². The second-order valence-corrected chi connectivity index (χ2v) is 6.00. The highest BCUT2D eigenvalue weighted by Crippen LogP contribution is 2.17. The van der Waals surface area contributed by atoms with Gasteiger partial charge in [0.25, 0.3) is 0 Å². The van der Waals surface area contributed by atoms with E-state index in [2.05, 4.69) is 22.2 Å². The molecule has 1 N–H and O–H groups in total. The van der Waals surface area contributed by atoms with Crippen LogP contribution in [-0.4, -0.2) is 28.9 Å². The summed E-state index contributed by atoms with van der Waals surface area (Å²) >= 11 is 0. The Hall–Kier alpha value is -2.13. The number of rotatable bonds is 4. The predicted octanol–water partition coefficient (Wildman–Crippen LogP) is 3.82. The van der Waals surface area contributed by atoms with Crippen molar-refractivity contribution >= 4 is 5.71 Å². The van der Waals surface area contributed by atoms with E-state index in [1.807, 2.05) is 43.3 Å². The Morgan fingerprint density at radius 1 is 1.05 bits per heavy atom. The number of hydrogen-bond donors (Lipinski definition) is 1. The molecule has 3 rings (SSSR count). The van der Waals surface area contributed by atoms with Gasteiger partial charge in [-0.15, -0.1) is 0 Å². The van der Waals surface area contributed by atoms with Crippen LogP contribution < -0.4 is 0 Å². The third-order valence-electron chi connectivity index (χ3n) is 4.20. The van der Waals surface area contributed by atoms with Gasteiger partial charge in [0, 0.05) is 17.7 Å². The van der Waals surface area contributed by atoms with Gasteiger partial charge in [-0.3, -0.25) is 4.90 Å². The van der Waals surface area contributed by atoms with Gasteiger partial charge in [-0.2, -0.15) is 0 Å². The lowest BCUT2D eigenvalue weighted by Gasteiger charge is -2.15. The number of likely N-dealkylation sites (tertiary alicyclic amines) is 1. The molecule has 1 saturated heterocycles. The Kier molecular flexibility index (Phi) is 4.54. The number of hydrogen-bond acceptors (Lipinski definition) is 3. The van der Waals surface area contributed by atoms with E-state index in [0.717, 1.165) is 23.2 Å². The summed E-state index contributed by atoms with van der Waals surface area (Å²) in [6.45, 7) is 5.38. The molecule has 1 heterocycles. The fourth-order valence-corrected chi connectivity index (χ4v) is 3.09. The molecule has 2 aromatic carbocycles. The molecule has 0 amide bonds. The van der Waals surface area contributed by atoms with Crippen LogP contribution in [-0.2, 0) is 6.54 Å². The minimum Gasteiger partial charge on any atom is -0.410 e. The third kappa shape index (κ3) is 3.37. The lowest BCUT2D eigenvalue weighted by Crippen LogP contribution is -2.18. The molecule has 3 heteroatoms. The van der Waals surface area contributed by atoms with E-state index in [1.54, 1.807) is 0 Å². The fraction of sp³-hybridized carbons (Fsp3) is 0.316. The van der Waals surface area contributed by atoms with Gasteiger partial charge in [0.1, 0.15) is 5.71 Å². The highest BCUT2D eigenvalue weighted by Gasteiger charge is 2.13. The topological polar surface area (TPSA) is 35.8 Å². The normalized spacial score (nSPS) is 16.1. The molecule has 3 nitrogen and oxygen atoms in total. The maximum absolute atomic E-state index is 9.48. The van der Waals surface area contributed by atoms with Gasteiger partial charge in [0.2, 0.25) is 0 Å². The zero-order valence-corrected chi connectivity index (χ0v) is 13.0. The van der Waals surface area contributed by atoms with E-state index in [9.17, 15) is 5.21 Å². The quantitative estimate of drug-likeness (QED) is 0.528. The van der Waals surface area contributed by atoms with Gasteiger partial charge in [-0.25, -0.2) is 0 Å². The van der Waals surface area contributed by atoms with Crippen LogP contribution in [0.4, 0.5) is 0 Å². The monoisotopic (exact) mass is 294 g/mol. The van der Waals surface area contributed by atoms with Gasteiger partial charge in [-0.1, -0.05) is 47.1 Å². The number of benzene rings is 2. The van der Waals surface area contributed by atoms with Crippen molar-refractivity contribution in [3.63, 3.8) is 0 Å². The van der Waals surface area contributed by atoms with Gasteiger partial charge >= 0.3 is 0 Å². The van der Waals surface area contributed by atoms with Crippen molar-refractivity contribution < 1.29 is 5.21 Å². The number of nitrogens with zero attached hydrogens (tertiary/aromatic N) is 2. The first-order valence-electron chi connectivity index (χ1n) is 7.87. The summed E-state index contributed by atoms with van der Waals surface area (Å²) in [5, 5.41) is 13.0. The average Bonchev–Trinajstić information content (AvgIpc) is 3.01. The molecule has 2 aromatic rings. The van der Waals surface area contributed by atoms with Crippen LogP contribution in [0.1, 0.15) is 35.1 Å². The standard InChI is InChI=1S/C19H22N2O/c1-15-6-4-8-17(12-15)19(20-22)18-9-5-7-16(13-18)14-21-10-2-3-11-21/h4-9,12-13,22H,2-3,10-11,14H2,1H3/b20-19-. The molecule has 0 saturated carbocycles. The van der Waals surface area contributed by atoms with Crippen LogP contribution in [0.25, 0.3) is 0 Å². The van der Waals surface area contributed by atoms with E-state index < -0.39 is 0 Å². The Morgan fingerprint density at radius 2 is 1.73 bits per heavy atom. The molecule has 0 unspecified atom stereocenters. The second kappa shape index (κ2) is 6.75. The largest absolute Gasteiger partial charge is 0.410 e. The molecule has 1 aliphatic heterocycles. The van der Waals surface area contributed by atoms with E-state index in [4.69, 9.17) is 0 Å². The second-order valence-electron chi connectivity index (χ2n) is 6.00. The summed E-state index contributed by atoms with van der Waals surface area (Å²) in [4.78, 5) is 2.47. The van der Waals surface area contributed by atoms with Gasteiger partial charge < -0.3 is 5.21 Å². The van der Waals surface area contributed by atoms with Gasteiger partial charge in [0.15, 0.2) is 0 Å². The lowest BCUT2D eigenvalue weighted by atomic mass is 9.99. The molecule has 0 bridgehead atoms. The third-order valence-corrected chi connectivity index (χ3v) is 4.20. The van der Waals surface area contributed by atoms with Crippen LogP contribution >= 0.6 is 0 Å². The molecule has 0 spiro atoms. The summed E-state index contributed by atoms with van der Waals surface area (Å²) in [5.74, 6) is 0. The SMILES string of the molecule is Cc1cccc(/C(=N/O)c2cccc(CN3CCCC3)c2)c1. The van der Waals surface area contributed by atoms with E-state index in [0.29, 0.717) is 5.71 Å². The first-order valence-corrected chi connectivity index (χ1v) is 7.87. The van der Waals surface area contributed by atoms with Crippen molar-refractivity contribution in [2.75, 3.05) is 13.1 Å². The molecule has 1 aliphatic rings. The zero-order chi connectivity index (χ0) is 15.4. The van der Waals surface area contributed by atoms with E-state index >= 15 is 0 Å². The van der Waals surface area contributed by atoms with Crippen molar-refractivity contribution in [2.45, 2.75) is 26.3 Å². The highest BCUT2D eigenvalue weighted by atomic mass is 16.4. The molecule has 0 aliphatic carbocycles. The van der Waals surface area contributed by atoms with Crippen LogP contribution in [0.5, 0.6) is 0 Å². The fourth-order valence-electron chi connectivity index (χ4n) is 3.09. The summed E-state index contributed by atoms with van der Waals surface area (Å²) in [5.41, 5.74) is 4.97. The smallest absolute Gasteiger partial charge is 0.117 e. The van der Waals surface area contributed by atoms with Crippen LogP contribution in [0.3, 0.4) is 0 Å². The molecule has 0 radical (unpaired) electrons. The minimum absolute atomic E-state index is 0.631. The number of aryl methyl sites for hydroxylation is 1. The maximum Gasteiger partial charge on any atom is 0.117 e. The van der Waals surface area contributed by atoms with E-state index in [1.165, 1.54) is 31.5 Å². The van der Waals surface area contributed by atoms with Gasteiger partial charge in [0.05, 0.1) is 0 Å². The molecule has 114 valence electrons. The Morgan fingerprint density at radius 3 is 2.41 bits per heavy atom. The average molecular weight is 294 g/mol. The Labute approximate surface area is 131 Å². The molecule has 1 fully saturated rings. The summed E-state index contributed by atoms with van der Waals surface area (Å²) < 4.78 is 0. The minimum atomic E-state index is 0.631. The maximum atomic E-state index is 9.48. The van der Waals surface area contributed by atoms with Crippen molar-refractivity contribution in [1.29, 1.82) is 0 Å². The zero-order valence-electron chi connectivity index (χ0n) is 13.0. The molecule has 0 aromatic heterocycles. The van der Waals surface area contributed by atoms with Crippen LogP contribution in [0.2, 0.25) is 0 Å². The predicted molar refractivity (Wildman–Crippen MR) is 89.6 cm³/mol.